The summed E-state index contributed by atoms with van der Waals surface area (Å²) in [5, 5.41) is 2.68. The normalized spacial score (nSPS) is 26.6. The van der Waals surface area contributed by atoms with Gasteiger partial charge in [0.1, 0.15) is 5.69 Å². The van der Waals surface area contributed by atoms with Gasteiger partial charge in [0.05, 0.1) is 0 Å². The molecule has 0 heterocycles. The van der Waals surface area contributed by atoms with E-state index in [0.29, 0.717) is 5.92 Å². The first-order valence-electron chi connectivity index (χ1n) is 7.15. The van der Waals surface area contributed by atoms with Crippen molar-refractivity contribution in [3.63, 3.8) is 0 Å². The maximum Gasteiger partial charge on any atom is 0.185 e. The first-order chi connectivity index (χ1) is 9.56. The minimum Gasteiger partial charge on any atom is -0.377 e. The molecule has 0 radical (unpaired) electrons. The van der Waals surface area contributed by atoms with E-state index in [4.69, 9.17) is 0 Å². The average molecular weight is 287 g/mol. The summed E-state index contributed by atoms with van der Waals surface area (Å²) in [7, 11) is 0. The smallest absolute Gasteiger partial charge is 0.185 e. The Kier molecular flexibility index (Phi) is 3.61. The van der Waals surface area contributed by atoms with Crippen LogP contribution in [0.3, 0.4) is 0 Å². The Bertz CT molecular complexity index is 487. The fraction of sp³-hybridized carbons (Fsp3) is 0.600. The number of hydrogen-bond donors (Lipinski definition) is 1. The SMILES string of the molecule is Fc1cc(F)c(F)c(NC2CCCC(C3CC3)C2)c1F. The molecule has 2 saturated carbocycles. The third-order valence-electron chi connectivity index (χ3n) is 4.46. The lowest BCUT2D eigenvalue weighted by molar-refractivity contribution is 0.301. The van der Waals surface area contributed by atoms with E-state index in [1.807, 2.05) is 0 Å². The molecule has 1 nitrogen and oxygen atoms in total. The number of nitrogens with one attached hydrogen (secondary N) is 1. The largest absolute Gasteiger partial charge is 0.377 e. The second kappa shape index (κ2) is 5.26. The van der Waals surface area contributed by atoms with Crippen LogP contribution in [-0.4, -0.2) is 6.04 Å². The van der Waals surface area contributed by atoms with Crippen molar-refractivity contribution in [2.45, 2.75) is 44.6 Å². The van der Waals surface area contributed by atoms with Crippen LogP contribution in [0.15, 0.2) is 6.07 Å². The minimum absolute atomic E-state index is 0.112. The van der Waals surface area contributed by atoms with Crippen molar-refractivity contribution < 1.29 is 17.6 Å². The number of anilines is 1. The molecule has 1 N–H and O–H groups in total. The van der Waals surface area contributed by atoms with Crippen LogP contribution in [0.1, 0.15) is 38.5 Å². The molecule has 2 unspecified atom stereocenters. The highest BCUT2D eigenvalue weighted by Crippen LogP contribution is 2.44. The molecular weight excluding hydrogens is 270 g/mol. The summed E-state index contributed by atoms with van der Waals surface area (Å²) >= 11 is 0. The Labute approximate surface area is 115 Å². The highest BCUT2D eigenvalue weighted by atomic mass is 19.2. The maximum absolute atomic E-state index is 13.6. The van der Waals surface area contributed by atoms with E-state index < -0.39 is 29.0 Å². The summed E-state index contributed by atoms with van der Waals surface area (Å²) in [6.07, 6.45) is 6.19. The maximum atomic E-state index is 13.6. The van der Waals surface area contributed by atoms with Crippen LogP contribution < -0.4 is 5.32 Å². The lowest BCUT2D eigenvalue weighted by Gasteiger charge is -2.30. The molecular formula is C15H17F4N. The Balaban J connectivity index is 1.76. The zero-order valence-electron chi connectivity index (χ0n) is 11.1. The Morgan fingerprint density at radius 3 is 2.10 bits per heavy atom. The van der Waals surface area contributed by atoms with Crippen LogP contribution in [0.4, 0.5) is 23.2 Å². The van der Waals surface area contributed by atoms with Gasteiger partial charge in [-0.05, 0) is 37.5 Å². The fourth-order valence-corrected chi connectivity index (χ4v) is 3.26. The molecule has 2 aliphatic rings. The zero-order chi connectivity index (χ0) is 14.3. The first kappa shape index (κ1) is 13.7. The van der Waals surface area contributed by atoms with E-state index in [2.05, 4.69) is 5.32 Å². The molecule has 1 aromatic carbocycles. The van der Waals surface area contributed by atoms with Gasteiger partial charge in [0.2, 0.25) is 0 Å². The number of rotatable bonds is 3. The number of benzene rings is 1. The van der Waals surface area contributed by atoms with Crippen molar-refractivity contribution in [3.05, 3.63) is 29.3 Å². The van der Waals surface area contributed by atoms with E-state index in [-0.39, 0.29) is 12.1 Å². The summed E-state index contributed by atoms with van der Waals surface area (Å²) in [6, 6.07) is 0.128. The third-order valence-corrected chi connectivity index (χ3v) is 4.46. The Hall–Kier alpha value is -1.26. The molecule has 5 heteroatoms. The van der Waals surface area contributed by atoms with Gasteiger partial charge < -0.3 is 5.32 Å². The van der Waals surface area contributed by atoms with Gasteiger partial charge in [-0.2, -0.15) is 0 Å². The van der Waals surface area contributed by atoms with Gasteiger partial charge in [-0.3, -0.25) is 0 Å². The first-order valence-corrected chi connectivity index (χ1v) is 7.15. The van der Waals surface area contributed by atoms with E-state index in [1.54, 1.807) is 0 Å². The van der Waals surface area contributed by atoms with Crippen molar-refractivity contribution in [1.82, 2.24) is 0 Å². The Morgan fingerprint density at radius 2 is 1.50 bits per heavy atom. The van der Waals surface area contributed by atoms with Crippen LogP contribution in [0.5, 0.6) is 0 Å². The van der Waals surface area contributed by atoms with E-state index >= 15 is 0 Å². The molecule has 110 valence electrons. The van der Waals surface area contributed by atoms with Gasteiger partial charge in [-0.25, -0.2) is 17.6 Å². The number of hydrogen-bond acceptors (Lipinski definition) is 1. The molecule has 0 aliphatic heterocycles. The summed E-state index contributed by atoms with van der Waals surface area (Å²) in [6.45, 7) is 0. The van der Waals surface area contributed by atoms with Gasteiger partial charge in [-0.1, -0.05) is 12.8 Å². The van der Waals surface area contributed by atoms with E-state index in [1.165, 1.54) is 12.8 Å². The highest BCUT2D eigenvalue weighted by Gasteiger charge is 2.35. The topological polar surface area (TPSA) is 12.0 Å². The second-order valence-electron chi connectivity index (χ2n) is 5.95. The van der Waals surface area contributed by atoms with Crippen molar-refractivity contribution in [3.8, 4) is 0 Å². The van der Waals surface area contributed by atoms with Crippen molar-refractivity contribution >= 4 is 5.69 Å². The lowest BCUT2D eigenvalue weighted by Crippen LogP contribution is -2.29. The van der Waals surface area contributed by atoms with Crippen LogP contribution in [0.25, 0.3) is 0 Å². The van der Waals surface area contributed by atoms with Crippen molar-refractivity contribution in [2.75, 3.05) is 5.32 Å². The summed E-state index contributed by atoms with van der Waals surface area (Å²) in [5.41, 5.74) is -0.663. The van der Waals surface area contributed by atoms with Crippen molar-refractivity contribution in [2.24, 2.45) is 11.8 Å². The third kappa shape index (κ3) is 2.63. The molecule has 2 aliphatic carbocycles. The molecule has 1 aromatic rings. The molecule has 0 bridgehead atoms. The van der Waals surface area contributed by atoms with E-state index in [9.17, 15) is 17.6 Å². The molecule has 2 atom stereocenters. The van der Waals surface area contributed by atoms with Crippen LogP contribution in [0, 0.1) is 35.1 Å². The average Bonchev–Trinajstić information content (AvgIpc) is 3.26. The minimum atomic E-state index is -1.36. The molecule has 0 aromatic heterocycles. The van der Waals surface area contributed by atoms with Gasteiger partial charge in [0, 0.05) is 12.1 Å². The van der Waals surface area contributed by atoms with Gasteiger partial charge in [0.15, 0.2) is 23.3 Å². The lowest BCUT2D eigenvalue weighted by atomic mass is 9.82. The van der Waals surface area contributed by atoms with Crippen LogP contribution >= 0.6 is 0 Å². The predicted molar refractivity (Wildman–Crippen MR) is 68.4 cm³/mol. The molecule has 2 fully saturated rings. The molecule has 0 spiro atoms. The summed E-state index contributed by atoms with van der Waals surface area (Å²) in [4.78, 5) is 0. The zero-order valence-corrected chi connectivity index (χ0v) is 11.1. The van der Waals surface area contributed by atoms with Crippen molar-refractivity contribution in [1.29, 1.82) is 0 Å². The van der Waals surface area contributed by atoms with Crippen LogP contribution in [-0.2, 0) is 0 Å². The van der Waals surface area contributed by atoms with Crippen LogP contribution in [0.2, 0.25) is 0 Å². The van der Waals surface area contributed by atoms with Gasteiger partial charge in [-0.15, -0.1) is 0 Å². The Morgan fingerprint density at radius 1 is 0.850 bits per heavy atom. The van der Waals surface area contributed by atoms with Gasteiger partial charge >= 0.3 is 0 Å². The molecule has 20 heavy (non-hydrogen) atoms. The molecule has 0 saturated heterocycles. The van der Waals surface area contributed by atoms with E-state index in [0.717, 1.165) is 31.6 Å². The highest BCUT2D eigenvalue weighted by molar-refractivity contribution is 5.48. The predicted octanol–water partition coefficient (Wildman–Crippen LogP) is 4.62. The van der Waals surface area contributed by atoms with Gasteiger partial charge in [0.25, 0.3) is 0 Å². The number of halogens is 4. The second-order valence-corrected chi connectivity index (χ2v) is 5.95. The monoisotopic (exact) mass is 287 g/mol. The summed E-state index contributed by atoms with van der Waals surface area (Å²) in [5.74, 6) is -4.08. The quantitative estimate of drug-likeness (QED) is 0.631. The standard InChI is InChI=1S/C15H17F4N/c16-11-7-12(17)14(19)15(13(11)18)20-10-3-1-2-9(6-10)8-4-5-8/h7-10,20H,1-6H2. The fourth-order valence-electron chi connectivity index (χ4n) is 3.26. The summed E-state index contributed by atoms with van der Waals surface area (Å²) < 4.78 is 53.6. The molecule has 0 amide bonds. The molecule has 3 rings (SSSR count).